The highest BCUT2D eigenvalue weighted by molar-refractivity contribution is 7.89. The monoisotopic (exact) mass is 372 g/mol. The van der Waals surface area contributed by atoms with Gasteiger partial charge in [-0.15, -0.1) is 0 Å². The van der Waals surface area contributed by atoms with Crippen LogP contribution in [0.3, 0.4) is 0 Å². The minimum atomic E-state index is -3.75. The number of benzene rings is 2. The molecule has 0 amide bonds. The molecule has 4 N–H and O–H groups in total. The summed E-state index contributed by atoms with van der Waals surface area (Å²) in [6, 6.07) is 10.2. The molecule has 2 aromatic carbocycles. The maximum absolute atomic E-state index is 11.7. The lowest BCUT2D eigenvalue weighted by atomic mass is 9.77. The van der Waals surface area contributed by atoms with Crippen LogP contribution in [0, 0.1) is 5.92 Å². The first-order chi connectivity index (χ1) is 12.4. The van der Waals surface area contributed by atoms with E-state index >= 15 is 0 Å². The molecule has 1 heterocycles. The van der Waals surface area contributed by atoms with Gasteiger partial charge in [0.15, 0.2) is 11.5 Å². The van der Waals surface area contributed by atoms with Gasteiger partial charge in [0.2, 0.25) is 10.0 Å². The molecular weight excluding hydrogens is 352 g/mol. The number of nitrogens with two attached hydrogens (primary N) is 1. The summed E-state index contributed by atoms with van der Waals surface area (Å²) in [7, 11) is -2.23. The fourth-order valence-corrected chi connectivity index (χ4v) is 4.56. The molecule has 0 aromatic heterocycles. The van der Waals surface area contributed by atoms with Crippen molar-refractivity contribution in [2.75, 3.05) is 12.4 Å². The number of rotatable bonds is 3. The quantitative estimate of drug-likeness (QED) is 0.719. The Morgan fingerprint density at radius 2 is 2.04 bits per heavy atom. The molecule has 7 heteroatoms. The third-order valence-corrected chi connectivity index (χ3v) is 6.16. The summed E-state index contributed by atoms with van der Waals surface area (Å²) in [6.45, 7) is 0. The van der Waals surface area contributed by atoms with Crippen LogP contribution in [-0.4, -0.2) is 20.6 Å². The van der Waals surface area contributed by atoms with Crippen LogP contribution in [-0.2, 0) is 10.0 Å². The molecule has 3 unspecified atom stereocenters. The minimum absolute atomic E-state index is 0.0588. The first kappa shape index (κ1) is 16.9. The highest BCUT2D eigenvalue weighted by atomic mass is 32.2. The zero-order valence-electron chi connectivity index (χ0n) is 14.2. The van der Waals surface area contributed by atoms with Gasteiger partial charge in [-0.05, 0) is 42.2 Å². The number of hydrogen-bond acceptors (Lipinski definition) is 5. The van der Waals surface area contributed by atoms with Crippen LogP contribution in [0.4, 0.5) is 5.69 Å². The first-order valence-corrected chi connectivity index (χ1v) is 9.90. The normalized spacial score (nSPS) is 23.8. The second-order valence-electron chi connectivity index (χ2n) is 6.67. The molecule has 4 rings (SSSR count). The molecule has 1 aliphatic carbocycles. The fourth-order valence-electron chi connectivity index (χ4n) is 4.01. The van der Waals surface area contributed by atoms with E-state index in [0.717, 1.165) is 23.2 Å². The Bertz CT molecular complexity index is 1000. The van der Waals surface area contributed by atoms with Gasteiger partial charge in [-0.25, -0.2) is 13.6 Å². The van der Waals surface area contributed by atoms with Crippen LogP contribution in [0.2, 0.25) is 0 Å². The number of sulfonamides is 1. The molecule has 0 saturated heterocycles. The third kappa shape index (κ3) is 2.64. The van der Waals surface area contributed by atoms with E-state index in [4.69, 9.17) is 9.88 Å². The fraction of sp³-hybridized carbons (Fsp3) is 0.263. The average Bonchev–Trinajstić information content (AvgIpc) is 3.10. The first-order valence-electron chi connectivity index (χ1n) is 8.36. The predicted octanol–water partition coefficient (Wildman–Crippen LogP) is 2.87. The van der Waals surface area contributed by atoms with Gasteiger partial charge >= 0.3 is 0 Å². The average molecular weight is 372 g/mol. The Hall–Kier alpha value is -2.51. The zero-order chi connectivity index (χ0) is 18.5. The van der Waals surface area contributed by atoms with Gasteiger partial charge in [0.25, 0.3) is 0 Å². The number of phenolic OH excluding ortho intramolecular Hbond substituents is 1. The van der Waals surface area contributed by atoms with Gasteiger partial charge in [-0.2, -0.15) is 0 Å². The SMILES string of the molecule is COc1cccc(C2Nc3ccc(S(N)(=O)=O)cc3C3C=CCC32)c1O. The van der Waals surface area contributed by atoms with Crippen molar-refractivity contribution in [1.82, 2.24) is 0 Å². The van der Waals surface area contributed by atoms with E-state index in [1.54, 1.807) is 18.2 Å². The standard InChI is InChI=1S/C19H20N2O4S/c1-25-17-7-3-6-14(19(17)22)18-13-5-2-4-12(13)15-10-11(26(20,23)24)8-9-16(15)21-18/h2-4,6-10,12-13,18,21-22H,5H2,1H3,(H2,20,23,24). The molecule has 136 valence electrons. The highest BCUT2D eigenvalue weighted by Crippen LogP contribution is 2.52. The van der Waals surface area contributed by atoms with Crippen LogP contribution in [0.5, 0.6) is 11.5 Å². The van der Waals surface area contributed by atoms with Gasteiger partial charge in [0.1, 0.15) is 0 Å². The Morgan fingerprint density at radius 3 is 2.77 bits per heavy atom. The maximum atomic E-state index is 11.7. The summed E-state index contributed by atoms with van der Waals surface area (Å²) in [5.41, 5.74) is 2.52. The van der Waals surface area contributed by atoms with Gasteiger partial charge in [0.05, 0.1) is 18.0 Å². The number of ether oxygens (including phenoxy) is 1. The summed E-state index contributed by atoms with van der Waals surface area (Å²) < 4.78 is 28.6. The summed E-state index contributed by atoms with van der Waals surface area (Å²) >= 11 is 0. The second kappa shape index (κ2) is 6.03. The van der Waals surface area contributed by atoms with Crippen molar-refractivity contribution in [2.24, 2.45) is 11.1 Å². The lowest BCUT2D eigenvalue weighted by Gasteiger charge is -2.38. The van der Waals surface area contributed by atoms with E-state index in [-0.39, 0.29) is 28.5 Å². The third-order valence-electron chi connectivity index (χ3n) is 5.25. The highest BCUT2D eigenvalue weighted by Gasteiger charge is 2.39. The van der Waals surface area contributed by atoms with Gasteiger partial charge in [-0.3, -0.25) is 0 Å². The van der Waals surface area contributed by atoms with E-state index in [9.17, 15) is 13.5 Å². The van der Waals surface area contributed by atoms with E-state index in [2.05, 4.69) is 17.5 Å². The summed E-state index contributed by atoms with van der Waals surface area (Å²) in [4.78, 5) is 0.111. The van der Waals surface area contributed by atoms with Gasteiger partial charge < -0.3 is 15.2 Å². The van der Waals surface area contributed by atoms with Gasteiger partial charge in [-0.1, -0.05) is 24.3 Å². The molecular formula is C19H20N2O4S. The van der Waals surface area contributed by atoms with E-state index in [1.807, 2.05) is 12.1 Å². The number of hydrogen-bond donors (Lipinski definition) is 3. The number of allylic oxidation sites excluding steroid dienone is 2. The van der Waals surface area contributed by atoms with Crippen molar-refractivity contribution in [3.63, 3.8) is 0 Å². The molecule has 3 atom stereocenters. The van der Waals surface area contributed by atoms with E-state index in [0.29, 0.717) is 5.75 Å². The lowest BCUT2D eigenvalue weighted by molar-refractivity contribution is 0.358. The van der Waals surface area contributed by atoms with Gasteiger partial charge in [0, 0.05) is 17.2 Å². The summed E-state index contributed by atoms with van der Waals surface area (Å²) in [5, 5.41) is 19.3. The summed E-state index contributed by atoms with van der Waals surface area (Å²) in [5.74, 6) is 0.782. The molecule has 6 nitrogen and oxygen atoms in total. The Labute approximate surface area is 152 Å². The number of nitrogens with one attached hydrogen (secondary N) is 1. The van der Waals surface area contributed by atoms with Crippen molar-refractivity contribution < 1.29 is 18.3 Å². The molecule has 0 radical (unpaired) electrons. The van der Waals surface area contributed by atoms with Crippen molar-refractivity contribution in [2.45, 2.75) is 23.3 Å². The largest absolute Gasteiger partial charge is 0.504 e. The Balaban J connectivity index is 1.81. The molecule has 0 fully saturated rings. The number of aromatic hydroxyl groups is 1. The number of primary sulfonamides is 1. The van der Waals surface area contributed by atoms with Crippen LogP contribution in [0.1, 0.15) is 29.5 Å². The molecule has 0 spiro atoms. The van der Waals surface area contributed by atoms with Crippen molar-refractivity contribution in [3.05, 3.63) is 59.7 Å². The van der Waals surface area contributed by atoms with Crippen LogP contribution in [0.25, 0.3) is 0 Å². The topological polar surface area (TPSA) is 102 Å². The number of anilines is 1. The zero-order valence-corrected chi connectivity index (χ0v) is 15.0. The Morgan fingerprint density at radius 1 is 1.23 bits per heavy atom. The molecule has 1 aliphatic heterocycles. The Kier molecular flexibility index (Phi) is 3.93. The smallest absolute Gasteiger partial charge is 0.238 e. The molecule has 0 bridgehead atoms. The second-order valence-corrected chi connectivity index (χ2v) is 8.23. The van der Waals surface area contributed by atoms with Crippen LogP contribution in [0.15, 0.2) is 53.4 Å². The van der Waals surface area contributed by atoms with E-state index in [1.165, 1.54) is 13.2 Å². The minimum Gasteiger partial charge on any atom is -0.504 e. The molecule has 2 aromatic rings. The van der Waals surface area contributed by atoms with E-state index < -0.39 is 10.0 Å². The number of para-hydroxylation sites is 1. The lowest BCUT2D eigenvalue weighted by Crippen LogP contribution is -2.29. The van der Waals surface area contributed by atoms with Crippen LogP contribution >= 0.6 is 0 Å². The summed E-state index contributed by atoms with van der Waals surface area (Å²) in [6.07, 6.45) is 5.03. The number of fused-ring (bicyclic) bond motifs is 3. The van der Waals surface area contributed by atoms with Crippen LogP contribution < -0.4 is 15.2 Å². The van der Waals surface area contributed by atoms with Crippen molar-refractivity contribution >= 4 is 15.7 Å². The predicted molar refractivity (Wildman–Crippen MR) is 98.8 cm³/mol. The molecule has 26 heavy (non-hydrogen) atoms. The number of methoxy groups -OCH3 is 1. The molecule has 2 aliphatic rings. The van der Waals surface area contributed by atoms with Crippen molar-refractivity contribution in [3.8, 4) is 11.5 Å². The van der Waals surface area contributed by atoms with Crippen molar-refractivity contribution in [1.29, 1.82) is 0 Å². The number of phenols is 1. The molecule has 0 saturated carbocycles. The maximum Gasteiger partial charge on any atom is 0.238 e.